The first-order valence-electron chi connectivity index (χ1n) is 7.04. The SMILES string of the molecule is CC(C1CC1)N(C)Cc1ncc(-c2cccc(Cl)c2)o1. The van der Waals surface area contributed by atoms with Crippen LogP contribution in [0.25, 0.3) is 11.3 Å². The molecule has 1 aliphatic rings. The molecule has 1 atom stereocenters. The van der Waals surface area contributed by atoms with Gasteiger partial charge in [-0.15, -0.1) is 0 Å². The summed E-state index contributed by atoms with van der Waals surface area (Å²) in [4.78, 5) is 6.68. The van der Waals surface area contributed by atoms with Crippen LogP contribution in [-0.2, 0) is 6.54 Å². The van der Waals surface area contributed by atoms with Gasteiger partial charge in [0.2, 0.25) is 5.89 Å². The lowest BCUT2D eigenvalue weighted by molar-refractivity contribution is 0.207. The van der Waals surface area contributed by atoms with Crippen LogP contribution < -0.4 is 0 Å². The zero-order valence-electron chi connectivity index (χ0n) is 11.8. The Labute approximate surface area is 124 Å². The van der Waals surface area contributed by atoms with Crippen LogP contribution in [0.3, 0.4) is 0 Å². The molecule has 4 heteroatoms. The molecule has 20 heavy (non-hydrogen) atoms. The predicted octanol–water partition coefficient (Wildman–Crippen LogP) is 4.23. The van der Waals surface area contributed by atoms with Gasteiger partial charge >= 0.3 is 0 Å². The van der Waals surface area contributed by atoms with Crippen molar-refractivity contribution in [1.82, 2.24) is 9.88 Å². The topological polar surface area (TPSA) is 29.3 Å². The van der Waals surface area contributed by atoms with E-state index in [0.29, 0.717) is 11.1 Å². The Hall–Kier alpha value is -1.32. The standard InChI is InChI=1S/C16H19ClN2O/c1-11(12-6-7-12)19(2)10-16-18-9-15(20-16)13-4-3-5-14(17)8-13/h3-5,8-9,11-12H,6-7,10H2,1-2H3. The molecule has 0 saturated heterocycles. The molecule has 1 aliphatic carbocycles. The molecular weight excluding hydrogens is 272 g/mol. The van der Waals surface area contributed by atoms with E-state index in [1.54, 1.807) is 6.20 Å². The molecule has 0 N–H and O–H groups in total. The predicted molar refractivity (Wildman–Crippen MR) is 80.6 cm³/mol. The second-order valence-corrected chi connectivity index (χ2v) is 6.06. The average molecular weight is 291 g/mol. The van der Waals surface area contributed by atoms with Crippen LogP contribution in [0, 0.1) is 5.92 Å². The minimum atomic E-state index is 0.594. The van der Waals surface area contributed by atoms with Gasteiger partial charge in [-0.25, -0.2) is 4.98 Å². The minimum absolute atomic E-state index is 0.594. The average Bonchev–Trinajstić information content (AvgIpc) is 3.18. The van der Waals surface area contributed by atoms with E-state index in [1.807, 2.05) is 24.3 Å². The molecular formula is C16H19ClN2O. The maximum Gasteiger partial charge on any atom is 0.209 e. The number of halogens is 1. The molecule has 1 heterocycles. The Bertz CT molecular complexity index is 592. The lowest BCUT2D eigenvalue weighted by Gasteiger charge is -2.22. The van der Waals surface area contributed by atoms with E-state index in [2.05, 4.69) is 23.9 Å². The highest BCUT2D eigenvalue weighted by Gasteiger charge is 2.30. The Balaban J connectivity index is 1.70. The van der Waals surface area contributed by atoms with Crippen LogP contribution in [0.15, 0.2) is 34.9 Å². The van der Waals surface area contributed by atoms with Crippen molar-refractivity contribution < 1.29 is 4.42 Å². The highest BCUT2D eigenvalue weighted by Crippen LogP contribution is 2.35. The summed E-state index contributed by atoms with van der Waals surface area (Å²) < 4.78 is 5.83. The van der Waals surface area contributed by atoms with Crippen molar-refractivity contribution in [3.8, 4) is 11.3 Å². The molecule has 0 aliphatic heterocycles. The van der Waals surface area contributed by atoms with Crippen molar-refractivity contribution in [2.24, 2.45) is 5.92 Å². The minimum Gasteiger partial charge on any atom is -0.439 e. The Kier molecular flexibility index (Phi) is 3.81. The number of rotatable bonds is 5. The number of aromatic nitrogens is 1. The van der Waals surface area contributed by atoms with E-state index in [-0.39, 0.29) is 0 Å². The number of hydrogen-bond acceptors (Lipinski definition) is 3. The number of nitrogens with zero attached hydrogens (tertiary/aromatic N) is 2. The van der Waals surface area contributed by atoms with Gasteiger partial charge in [0.15, 0.2) is 5.76 Å². The van der Waals surface area contributed by atoms with Crippen LogP contribution in [0.4, 0.5) is 0 Å². The van der Waals surface area contributed by atoms with Crippen LogP contribution in [-0.4, -0.2) is 23.0 Å². The second-order valence-electron chi connectivity index (χ2n) is 5.62. The fourth-order valence-corrected chi connectivity index (χ4v) is 2.64. The molecule has 1 aromatic carbocycles. The number of hydrogen-bond donors (Lipinski definition) is 0. The fourth-order valence-electron chi connectivity index (χ4n) is 2.45. The van der Waals surface area contributed by atoms with Crippen LogP contribution in [0.5, 0.6) is 0 Å². The maximum atomic E-state index is 6.00. The van der Waals surface area contributed by atoms with Crippen molar-refractivity contribution in [3.63, 3.8) is 0 Å². The lowest BCUT2D eigenvalue weighted by atomic mass is 10.2. The molecule has 3 rings (SSSR count). The van der Waals surface area contributed by atoms with E-state index in [9.17, 15) is 0 Å². The quantitative estimate of drug-likeness (QED) is 0.825. The first-order valence-corrected chi connectivity index (χ1v) is 7.42. The third-order valence-corrected chi connectivity index (χ3v) is 4.28. The first kappa shape index (κ1) is 13.7. The molecule has 0 spiro atoms. The van der Waals surface area contributed by atoms with Crippen molar-refractivity contribution in [2.45, 2.75) is 32.4 Å². The highest BCUT2D eigenvalue weighted by atomic mass is 35.5. The number of benzene rings is 1. The van der Waals surface area contributed by atoms with Crippen molar-refractivity contribution >= 4 is 11.6 Å². The maximum absolute atomic E-state index is 6.00. The van der Waals surface area contributed by atoms with E-state index < -0.39 is 0 Å². The van der Waals surface area contributed by atoms with Gasteiger partial charge in [0.05, 0.1) is 12.7 Å². The van der Waals surface area contributed by atoms with Gasteiger partial charge in [0.1, 0.15) is 0 Å². The van der Waals surface area contributed by atoms with Gasteiger partial charge in [-0.05, 0) is 44.9 Å². The van der Waals surface area contributed by atoms with E-state index in [0.717, 1.165) is 29.7 Å². The zero-order chi connectivity index (χ0) is 14.1. The molecule has 1 fully saturated rings. The number of oxazole rings is 1. The Morgan fingerprint density at radius 1 is 1.45 bits per heavy atom. The van der Waals surface area contributed by atoms with Gasteiger partial charge < -0.3 is 4.42 Å². The molecule has 3 nitrogen and oxygen atoms in total. The monoisotopic (exact) mass is 290 g/mol. The fraction of sp³-hybridized carbons (Fsp3) is 0.438. The van der Waals surface area contributed by atoms with Crippen LogP contribution in [0.1, 0.15) is 25.7 Å². The van der Waals surface area contributed by atoms with E-state index in [1.165, 1.54) is 12.8 Å². The van der Waals surface area contributed by atoms with Gasteiger partial charge in [-0.1, -0.05) is 23.7 Å². The normalized spacial score (nSPS) is 16.6. The summed E-state index contributed by atoms with van der Waals surface area (Å²) in [6.07, 6.45) is 4.48. The Morgan fingerprint density at radius 3 is 2.95 bits per heavy atom. The van der Waals surface area contributed by atoms with Crippen LogP contribution >= 0.6 is 11.6 Å². The second kappa shape index (κ2) is 5.58. The van der Waals surface area contributed by atoms with Gasteiger partial charge in [0.25, 0.3) is 0 Å². The van der Waals surface area contributed by atoms with E-state index in [4.69, 9.17) is 16.0 Å². The molecule has 1 unspecified atom stereocenters. The summed E-state index contributed by atoms with van der Waals surface area (Å²) in [5.74, 6) is 2.38. The van der Waals surface area contributed by atoms with Gasteiger partial charge in [-0.2, -0.15) is 0 Å². The molecule has 0 bridgehead atoms. The first-order chi connectivity index (χ1) is 9.63. The lowest BCUT2D eigenvalue weighted by Crippen LogP contribution is -2.30. The summed E-state index contributed by atoms with van der Waals surface area (Å²) in [6, 6.07) is 8.24. The summed E-state index contributed by atoms with van der Waals surface area (Å²) >= 11 is 6.00. The molecule has 1 saturated carbocycles. The molecule has 0 amide bonds. The van der Waals surface area contributed by atoms with Gasteiger partial charge in [-0.3, -0.25) is 4.90 Å². The van der Waals surface area contributed by atoms with Crippen molar-refractivity contribution in [1.29, 1.82) is 0 Å². The van der Waals surface area contributed by atoms with Crippen molar-refractivity contribution in [3.05, 3.63) is 41.4 Å². The summed E-state index contributed by atoms with van der Waals surface area (Å²) in [6.45, 7) is 3.02. The zero-order valence-corrected chi connectivity index (χ0v) is 12.6. The highest BCUT2D eigenvalue weighted by molar-refractivity contribution is 6.30. The summed E-state index contributed by atoms with van der Waals surface area (Å²) in [5, 5.41) is 0.708. The molecule has 2 aromatic rings. The Morgan fingerprint density at radius 2 is 2.25 bits per heavy atom. The van der Waals surface area contributed by atoms with Crippen LogP contribution in [0.2, 0.25) is 5.02 Å². The largest absolute Gasteiger partial charge is 0.439 e. The third kappa shape index (κ3) is 3.05. The smallest absolute Gasteiger partial charge is 0.209 e. The molecule has 0 radical (unpaired) electrons. The van der Waals surface area contributed by atoms with E-state index >= 15 is 0 Å². The van der Waals surface area contributed by atoms with Crippen molar-refractivity contribution in [2.75, 3.05) is 7.05 Å². The third-order valence-electron chi connectivity index (χ3n) is 4.05. The summed E-state index contributed by atoms with van der Waals surface area (Å²) in [7, 11) is 2.13. The van der Waals surface area contributed by atoms with Gasteiger partial charge in [0, 0.05) is 16.6 Å². The molecule has 1 aromatic heterocycles. The molecule has 106 valence electrons. The summed E-state index contributed by atoms with van der Waals surface area (Å²) in [5.41, 5.74) is 0.967.